The van der Waals surface area contributed by atoms with E-state index in [2.05, 4.69) is 228 Å². The molecule has 3 nitrogen and oxygen atoms in total. The van der Waals surface area contributed by atoms with Gasteiger partial charge in [0.2, 0.25) is 0 Å². The van der Waals surface area contributed by atoms with E-state index in [0.29, 0.717) is 0 Å². The molecule has 4 bridgehead atoms. The molecule has 354 valence electrons. The molecule has 3 heterocycles. The largest absolute Gasteiger partial charge is 0.456 e. The number of nitrogens with zero attached hydrogens (tertiary/aromatic N) is 2. The van der Waals surface area contributed by atoms with Gasteiger partial charge in [-0.3, -0.25) is 0 Å². The number of hydrogen-bond acceptors (Lipinski definition) is 1. The van der Waals surface area contributed by atoms with Crippen LogP contribution in [-0.4, -0.2) is 9.13 Å². The summed E-state index contributed by atoms with van der Waals surface area (Å²) in [4.78, 5) is 0. The van der Waals surface area contributed by atoms with E-state index < -0.39 is 0 Å². The van der Waals surface area contributed by atoms with Crippen molar-refractivity contribution in [1.29, 1.82) is 0 Å². The van der Waals surface area contributed by atoms with Crippen molar-refractivity contribution in [2.45, 2.75) is 37.5 Å². The molecule has 3 heteroatoms. The Morgan fingerprint density at radius 1 is 0.333 bits per heavy atom. The van der Waals surface area contributed by atoms with Gasteiger partial charge in [0.1, 0.15) is 11.2 Å². The Kier molecular flexibility index (Phi) is 8.03. The van der Waals surface area contributed by atoms with E-state index in [4.69, 9.17) is 4.42 Å². The van der Waals surface area contributed by atoms with Gasteiger partial charge in [-0.25, -0.2) is 0 Å². The molecule has 3 aromatic heterocycles. The zero-order chi connectivity index (χ0) is 48.7. The van der Waals surface area contributed by atoms with Crippen molar-refractivity contribution >= 4 is 87.1 Å². The molecular weight excluding hydrogens is 909 g/mol. The SMILES string of the molecule is c1ccc2c(c1)-c1ccc(-c3ccc4oc5ccc(-n6c7ccccc7c7ccc(-c8ccc9c%10ccccc%10n(-c%10cc%11ccccc%11c%11ccccc%10%11)c9c8)cc76)cc5c4c3)cc1C21C2CC3CC(C2)CC1C3. The summed E-state index contributed by atoms with van der Waals surface area (Å²) >= 11 is 0. The minimum atomic E-state index is 0.138. The zero-order valence-electron chi connectivity index (χ0n) is 41.4. The van der Waals surface area contributed by atoms with Gasteiger partial charge >= 0.3 is 0 Å². The molecule has 0 unspecified atom stereocenters. The quantitative estimate of drug-likeness (QED) is 0.161. The third-order valence-corrected chi connectivity index (χ3v) is 19.3. The number of rotatable bonds is 4. The van der Waals surface area contributed by atoms with E-state index in [1.807, 2.05) is 0 Å². The van der Waals surface area contributed by atoms with Crippen molar-refractivity contribution in [3.63, 3.8) is 0 Å². The van der Waals surface area contributed by atoms with Crippen molar-refractivity contribution in [3.05, 3.63) is 230 Å². The minimum Gasteiger partial charge on any atom is -0.456 e. The van der Waals surface area contributed by atoms with Gasteiger partial charge in [0.15, 0.2) is 0 Å². The molecule has 0 aliphatic heterocycles. The smallest absolute Gasteiger partial charge is 0.135 e. The highest BCUT2D eigenvalue weighted by Gasteiger charge is 2.61. The second-order valence-corrected chi connectivity index (χ2v) is 22.8. The monoisotopic (exact) mass is 958 g/mol. The van der Waals surface area contributed by atoms with Crippen molar-refractivity contribution < 1.29 is 4.42 Å². The van der Waals surface area contributed by atoms with E-state index in [9.17, 15) is 0 Å². The van der Waals surface area contributed by atoms with Gasteiger partial charge in [-0.1, -0.05) is 152 Å². The molecule has 11 aromatic carbocycles. The maximum absolute atomic E-state index is 6.67. The highest BCUT2D eigenvalue weighted by Crippen LogP contribution is 2.69. The van der Waals surface area contributed by atoms with Crippen molar-refractivity contribution in [2.24, 2.45) is 23.7 Å². The van der Waals surface area contributed by atoms with Crippen LogP contribution in [0.25, 0.3) is 132 Å². The molecule has 1 spiro atoms. The van der Waals surface area contributed by atoms with Crippen molar-refractivity contribution in [3.8, 4) is 44.8 Å². The normalized spacial score (nSPS) is 20.6. The third kappa shape index (κ3) is 5.45. The van der Waals surface area contributed by atoms with E-state index in [-0.39, 0.29) is 5.41 Å². The Labute approximate surface area is 433 Å². The first-order valence-electron chi connectivity index (χ1n) is 27.3. The average molecular weight is 959 g/mol. The molecule has 4 fully saturated rings. The van der Waals surface area contributed by atoms with Gasteiger partial charge in [0.05, 0.1) is 27.8 Å². The number of para-hydroxylation sites is 2. The van der Waals surface area contributed by atoms with Crippen LogP contribution in [-0.2, 0) is 5.41 Å². The summed E-state index contributed by atoms with van der Waals surface area (Å²) in [5.74, 6) is 3.31. The van der Waals surface area contributed by atoms with Crippen LogP contribution in [0.2, 0.25) is 0 Å². The third-order valence-electron chi connectivity index (χ3n) is 19.3. The van der Waals surface area contributed by atoms with Crippen LogP contribution < -0.4 is 0 Å². The lowest BCUT2D eigenvalue weighted by atomic mass is 9.43. The summed E-state index contributed by atoms with van der Waals surface area (Å²) in [6.45, 7) is 0. The summed E-state index contributed by atoms with van der Waals surface area (Å²) in [6, 6.07) is 82.5. The Hall–Kier alpha value is -8.66. The number of fused-ring (bicyclic) bond motifs is 15. The summed E-state index contributed by atoms with van der Waals surface area (Å²) < 4.78 is 11.6. The maximum atomic E-state index is 6.67. The van der Waals surface area contributed by atoms with Crippen LogP contribution in [0.5, 0.6) is 0 Å². The van der Waals surface area contributed by atoms with Gasteiger partial charge in [-0.2, -0.15) is 0 Å². The fraction of sp³-hybridized carbons (Fsp3) is 0.139. The Bertz CT molecular complexity index is 4780. The Morgan fingerprint density at radius 2 is 0.853 bits per heavy atom. The molecule has 0 saturated heterocycles. The molecule has 75 heavy (non-hydrogen) atoms. The van der Waals surface area contributed by atoms with Crippen LogP contribution in [0, 0.1) is 23.7 Å². The van der Waals surface area contributed by atoms with Crippen LogP contribution in [0.1, 0.15) is 43.2 Å². The predicted molar refractivity (Wildman–Crippen MR) is 312 cm³/mol. The summed E-state index contributed by atoms with van der Waals surface area (Å²) in [5.41, 5.74) is 20.1. The topological polar surface area (TPSA) is 23.0 Å². The summed E-state index contributed by atoms with van der Waals surface area (Å²) in [6.07, 6.45) is 7.02. The molecular formula is C72H50N2O. The zero-order valence-corrected chi connectivity index (χ0v) is 41.4. The van der Waals surface area contributed by atoms with Gasteiger partial charge in [-0.15, -0.1) is 0 Å². The predicted octanol–water partition coefficient (Wildman–Crippen LogP) is 19.1. The molecule has 4 saturated carbocycles. The number of furan rings is 1. The Balaban J connectivity index is 0.784. The second kappa shape index (κ2) is 14.8. The fourth-order valence-corrected chi connectivity index (χ4v) is 16.5. The van der Waals surface area contributed by atoms with Crippen molar-refractivity contribution in [1.82, 2.24) is 9.13 Å². The summed E-state index contributed by atoms with van der Waals surface area (Å²) in [5, 5.41) is 12.3. The molecule has 0 atom stereocenters. The molecule has 0 radical (unpaired) electrons. The van der Waals surface area contributed by atoms with Crippen LogP contribution in [0.15, 0.2) is 223 Å². The lowest BCUT2D eigenvalue weighted by Crippen LogP contribution is -2.55. The van der Waals surface area contributed by atoms with Gasteiger partial charge in [-0.05, 0) is 183 Å². The second-order valence-electron chi connectivity index (χ2n) is 22.8. The Morgan fingerprint density at radius 3 is 1.60 bits per heavy atom. The highest BCUT2D eigenvalue weighted by atomic mass is 16.3. The van der Waals surface area contributed by atoms with E-state index >= 15 is 0 Å². The standard InChI is InChI=1S/C72H50N2O/c1-2-12-52-48(11-1)40-69(56-15-4-3-13-53(52)56)74-66-20-10-7-17-58(66)60-28-23-47(39-68(60)74)46-22-27-59-57-16-6-9-19-65(57)73(67(59)38-46)51-25-30-71-62(41-51)61-36-44(24-29-70(61)75-71)45-21-26-55-54-14-5-8-18-63(54)72(64(55)37-45)49-32-42-31-43(34-49)35-50(72)33-42/h1-30,36-43,49-50H,31-35H2. The number of benzene rings is 11. The van der Waals surface area contributed by atoms with E-state index in [0.717, 1.165) is 51.3 Å². The molecule has 14 aromatic rings. The maximum Gasteiger partial charge on any atom is 0.135 e. The number of aromatic nitrogens is 2. The van der Waals surface area contributed by atoms with E-state index in [1.165, 1.54) is 136 Å². The highest BCUT2D eigenvalue weighted by molar-refractivity contribution is 6.16. The minimum absolute atomic E-state index is 0.138. The van der Waals surface area contributed by atoms with Crippen LogP contribution in [0.4, 0.5) is 0 Å². The number of hydrogen-bond donors (Lipinski definition) is 0. The molecule has 0 amide bonds. The van der Waals surface area contributed by atoms with Crippen molar-refractivity contribution in [2.75, 3.05) is 0 Å². The lowest BCUT2D eigenvalue weighted by molar-refractivity contribution is -0.0399. The first-order valence-corrected chi connectivity index (χ1v) is 27.3. The summed E-state index contributed by atoms with van der Waals surface area (Å²) in [7, 11) is 0. The van der Waals surface area contributed by atoms with E-state index in [1.54, 1.807) is 11.1 Å². The molecule has 5 aliphatic rings. The lowest BCUT2D eigenvalue weighted by Gasteiger charge is -2.61. The first kappa shape index (κ1) is 40.8. The van der Waals surface area contributed by atoms with Crippen LogP contribution in [0.3, 0.4) is 0 Å². The van der Waals surface area contributed by atoms with Gasteiger partial charge in [0.25, 0.3) is 0 Å². The van der Waals surface area contributed by atoms with Gasteiger partial charge < -0.3 is 13.6 Å². The fourth-order valence-electron chi connectivity index (χ4n) is 16.5. The van der Waals surface area contributed by atoms with Gasteiger partial charge in [0, 0.05) is 48.8 Å². The van der Waals surface area contributed by atoms with Crippen LogP contribution >= 0.6 is 0 Å². The average Bonchev–Trinajstić information content (AvgIpc) is 4.24. The molecule has 19 rings (SSSR count). The first-order chi connectivity index (χ1) is 37.1. The molecule has 0 N–H and O–H groups in total. The molecule has 5 aliphatic carbocycles.